The highest BCUT2D eigenvalue weighted by molar-refractivity contribution is 5.87. The summed E-state index contributed by atoms with van der Waals surface area (Å²) in [6.45, 7) is 18.8. The molecule has 0 saturated carbocycles. The summed E-state index contributed by atoms with van der Waals surface area (Å²) in [5, 5.41) is 0. The molecule has 0 amide bonds. The van der Waals surface area contributed by atoms with E-state index < -0.39 is 0 Å². The molecule has 0 heterocycles. The Balaban J connectivity index is 4.53. The lowest BCUT2D eigenvalue weighted by molar-refractivity contribution is -0.137. The van der Waals surface area contributed by atoms with Crippen LogP contribution >= 0.6 is 0 Å². The van der Waals surface area contributed by atoms with Crippen molar-refractivity contribution in [2.75, 3.05) is 13.7 Å². The van der Waals surface area contributed by atoms with Crippen molar-refractivity contribution in [3.63, 3.8) is 0 Å². The lowest BCUT2D eigenvalue weighted by Crippen LogP contribution is -2.00. The molecule has 0 aromatic heterocycles. The number of esters is 2. The molecule has 0 unspecified atom stereocenters. The van der Waals surface area contributed by atoms with Gasteiger partial charge in [0.25, 0.3) is 0 Å². The average molecular weight is 641 g/mol. The summed E-state index contributed by atoms with van der Waals surface area (Å²) in [7, 11) is 1.37. The van der Waals surface area contributed by atoms with Crippen LogP contribution < -0.4 is 0 Å². The highest BCUT2D eigenvalue weighted by Gasteiger charge is 2.00. The summed E-state index contributed by atoms with van der Waals surface area (Å²) in [4.78, 5) is 23.5. The Morgan fingerprint density at radius 2 is 0.957 bits per heavy atom. The number of carbonyl (C=O) groups is 2. The zero-order chi connectivity index (χ0) is 35.5. The molecule has 0 bridgehead atoms. The van der Waals surface area contributed by atoms with Gasteiger partial charge in [-0.25, -0.2) is 9.59 Å². The number of hydrogen-bond acceptors (Lipinski definition) is 4. The third-order valence-electron chi connectivity index (χ3n) is 7.05. The summed E-state index contributed by atoms with van der Waals surface area (Å²) >= 11 is 0. The Morgan fingerprint density at radius 1 is 0.511 bits per heavy atom. The van der Waals surface area contributed by atoms with Gasteiger partial charge in [-0.05, 0) is 107 Å². The number of methoxy groups -OCH3 is 1. The molecule has 4 heteroatoms. The van der Waals surface area contributed by atoms with Gasteiger partial charge in [0.1, 0.15) is 6.61 Å². The van der Waals surface area contributed by atoms with Gasteiger partial charge in [-0.3, -0.25) is 0 Å². The fraction of sp³-hybridized carbons (Fsp3) is 0.395. The summed E-state index contributed by atoms with van der Waals surface area (Å²) in [5.74, 6) is -0.678. The van der Waals surface area contributed by atoms with E-state index in [0.29, 0.717) is 5.57 Å². The zero-order valence-corrected chi connectivity index (χ0v) is 30.8. The van der Waals surface area contributed by atoms with Crippen LogP contribution in [0.4, 0.5) is 0 Å². The van der Waals surface area contributed by atoms with Crippen LogP contribution in [0.1, 0.15) is 101 Å². The quantitative estimate of drug-likeness (QED) is 0.0575. The maximum atomic E-state index is 12.1. The molecule has 0 N–H and O–H groups in total. The maximum Gasteiger partial charge on any atom is 0.333 e. The first-order chi connectivity index (χ1) is 22.3. The van der Waals surface area contributed by atoms with Crippen LogP contribution in [-0.2, 0) is 19.1 Å². The minimum Gasteiger partial charge on any atom is -0.466 e. The molecule has 0 aliphatic heterocycles. The van der Waals surface area contributed by atoms with E-state index >= 15 is 0 Å². The number of allylic oxidation sites excluding steroid dienone is 21. The topological polar surface area (TPSA) is 52.6 Å². The van der Waals surface area contributed by atoms with E-state index in [1.165, 1.54) is 35.5 Å². The molecular weight excluding hydrogens is 580 g/mol. The molecule has 0 aliphatic carbocycles. The van der Waals surface area contributed by atoms with E-state index in [4.69, 9.17) is 4.74 Å². The van der Waals surface area contributed by atoms with Crippen LogP contribution in [0.3, 0.4) is 0 Å². The average Bonchev–Trinajstić information content (AvgIpc) is 3.01. The number of rotatable bonds is 20. The maximum absolute atomic E-state index is 12.1. The van der Waals surface area contributed by atoms with E-state index in [-0.39, 0.29) is 18.5 Å². The molecular formula is C43H60O4. The number of carbonyl (C=O) groups excluding carboxylic acids is 2. The molecule has 0 aromatic carbocycles. The number of hydrogen-bond donors (Lipinski definition) is 0. The van der Waals surface area contributed by atoms with Crippen molar-refractivity contribution < 1.29 is 19.1 Å². The number of ether oxygens (including phenoxy) is 2. The Labute approximate surface area is 286 Å². The standard InChI is InChI=1S/C43H60O4/c1-34(2)18-13-21-37(5)23-14-24-38(6)25-16-27-40(8)32-33-47-42(44)31-30-39(7)26-15-22-35(3)19-11-12-20-36(4)28-17-29-41(9)43(45)46-10/h11-12,15,17-20,22-23,25-26,28-32H,13-14,16,21,24,27,33H2,1-10H3/b12-11+,22-15+,28-17+,31-30+,35-19+,36-20+,37-23+,38-25+,39-26+,40-32+,41-29+. The van der Waals surface area contributed by atoms with Crippen LogP contribution in [-0.4, -0.2) is 25.7 Å². The van der Waals surface area contributed by atoms with Crippen molar-refractivity contribution in [3.05, 3.63) is 142 Å². The van der Waals surface area contributed by atoms with E-state index in [2.05, 4.69) is 57.6 Å². The lowest BCUT2D eigenvalue weighted by Gasteiger charge is -2.03. The van der Waals surface area contributed by atoms with Crippen molar-refractivity contribution in [3.8, 4) is 0 Å². The second kappa shape index (κ2) is 27.0. The Kier molecular flexibility index (Phi) is 24.6. The van der Waals surface area contributed by atoms with Gasteiger partial charge in [0, 0.05) is 11.6 Å². The summed E-state index contributed by atoms with van der Waals surface area (Å²) in [5.41, 5.74) is 9.16. The van der Waals surface area contributed by atoms with Gasteiger partial charge in [-0.1, -0.05) is 124 Å². The van der Waals surface area contributed by atoms with Gasteiger partial charge >= 0.3 is 11.9 Å². The zero-order valence-electron chi connectivity index (χ0n) is 30.8. The van der Waals surface area contributed by atoms with E-state index in [1.807, 2.05) is 81.5 Å². The molecule has 0 atom stereocenters. The summed E-state index contributed by atoms with van der Waals surface area (Å²) in [6.07, 6.45) is 38.0. The smallest absolute Gasteiger partial charge is 0.333 e. The SMILES string of the molecule is COC(=O)/C(C)=C/C=C/C(C)=C/C=C/C=C(C)/C=C/C=C(C)/C=C/C(=O)OC/C=C(\C)CC/C=C(\C)CC/C=C(\C)CCC=C(C)C. The first-order valence-electron chi connectivity index (χ1n) is 16.6. The third-order valence-corrected chi connectivity index (χ3v) is 7.05. The van der Waals surface area contributed by atoms with Gasteiger partial charge in [-0.2, -0.15) is 0 Å². The molecule has 0 radical (unpaired) electrons. The minimum atomic E-state index is -0.347. The fourth-order valence-corrected chi connectivity index (χ4v) is 4.01. The van der Waals surface area contributed by atoms with E-state index in [0.717, 1.165) is 55.2 Å². The minimum absolute atomic E-state index is 0.284. The molecule has 0 fully saturated rings. The summed E-state index contributed by atoms with van der Waals surface area (Å²) < 4.78 is 10.0. The first-order valence-corrected chi connectivity index (χ1v) is 16.6. The predicted molar refractivity (Wildman–Crippen MR) is 203 cm³/mol. The van der Waals surface area contributed by atoms with Crippen molar-refractivity contribution >= 4 is 11.9 Å². The largest absolute Gasteiger partial charge is 0.466 e. The van der Waals surface area contributed by atoms with Crippen LogP contribution in [0.5, 0.6) is 0 Å². The van der Waals surface area contributed by atoms with Crippen LogP contribution in [0, 0.1) is 0 Å². The van der Waals surface area contributed by atoms with Gasteiger partial charge < -0.3 is 9.47 Å². The fourth-order valence-electron chi connectivity index (χ4n) is 4.01. The second-order valence-electron chi connectivity index (χ2n) is 12.2. The van der Waals surface area contributed by atoms with Crippen molar-refractivity contribution in [2.45, 2.75) is 101 Å². The monoisotopic (exact) mass is 640 g/mol. The highest BCUT2D eigenvalue weighted by Crippen LogP contribution is 2.13. The van der Waals surface area contributed by atoms with Crippen LogP contribution in [0.15, 0.2) is 142 Å². The molecule has 0 spiro atoms. The van der Waals surface area contributed by atoms with Crippen molar-refractivity contribution in [2.24, 2.45) is 0 Å². The van der Waals surface area contributed by atoms with Gasteiger partial charge in [0.05, 0.1) is 7.11 Å². The molecule has 0 saturated heterocycles. The molecule has 0 rings (SSSR count). The normalized spacial score (nSPS) is 14.6. The predicted octanol–water partition coefficient (Wildman–Crippen LogP) is 11.9. The molecule has 4 nitrogen and oxygen atoms in total. The van der Waals surface area contributed by atoms with Gasteiger partial charge in [-0.15, -0.1) is 0 Å². The Morgan fingerprint density at radius 3 is 1.47 bits per heavy atom. The Hall–Kier alpha value is -4.18. The third kappa shape index (κ3) is 26.7. The Bertz CT molecular complexity index is 1350. The molecule has 0 aliphatic rings. The van der Waals surface area contributed by atoms with Crippen molar-refractivity contribution in [1.29, 1.82) is 0 Å². The molecule has 47 heavy (non-hydrogen) atoms. The second-order valence-corrected chi connectivity index (χ2v) is 12.2. The van der Waals surface area contributed by atoms with Gasteiger partial charge in [0.15, 0.2) is 0 Å². The highest BCUT2D eigenvalue weighted by atomic mass is 16.5. The van der Waals surface area contributed by atoms with Crippen LogP contribution in [0.2, 0.25) is 0 Å². The summed E-state index contributed by atoms with van der Waals surface area (Å²) in [6, 6.07) is 0. The van der Waals surface area contributed by atoms with E-state index in [9.17, 15) is 9.59 Å². The van der Waals surface area contributed by atoms with Crippen molar-refractivity contribution in [1.82, 2.24) is 0 Å². The molecule has 256 valence electrons. The molecule has 0 aromatic rings. The van der Waals surface area contributed by atoms with Crippen LogP contribution in [0.25, 0.3) is 0 Å². The first kappa shape index (κ1) is 42.8. The lowest BCUT2D eigenvalue weighted by atomic mass is 10.0. The van der Waals surface area contributed by atoms with Gasteiger partial charge in [0.2, 0.25) is 0 Å². The van der Waals surface area contributed by atoms with E-state index in [1.54, 1.807) is 19.1 Å².